The number of unbranched alkanes of at least 4 members (excludes halogenated alkanes) is 2. The molecule has 4 atom stereocenters. The Morgan fingerprint density at radius 1 is 0.820 bits per heavy atom. The monoisotopic (exact) mass is 677 g/mol. The molecule has 50 heavy (non-hydrogen) atoms. The van der Waals surface area contributed by atoms with Crippen molar-refractivity contribution in [3.63, 3.8) is 0 Å². The van der Waals surface area contributed by atoms with Gasteiger partial charge in [0.25, 0.3) is 0 Å². The van der Waals surface area contributed by atoms with Crippen LogP contribution in [0.1, 0.15) is 92.2 Å². The van der Waals surface area contributed by atoms with Crippen molar-refractivity contribution in [1.29, 1.82) is 0 Å². The molecule has 3 N–H and O–H groups in total. The molecule has 0 aromatic heterocycles. The summed E-state index contributed by atoms with van der Waals surface area (Å²) in [6.45, 7) is 5.59. The van der Waals surface area contributed by atoms with Crippen molar-refractivity contribution in [2.24, 2.45) is 0 Å². The van der Waals surface area contributed by atoms with E-state index in [1.807, 2.05) is 48.5 Å². The molecule has 8 nitrogen and oxygen atoms in total. The van der Waals surface area contributed by atoms with Crippen LogP contribution in [-0.4, -0.2) is 48.1 Å². The number of carbonyl (C=O) groups excluding carboxylic acids is 2. The van der Waals surface area contributed by atoms with E-state index in [4.69, 9.17) is 9.47 Å². The molecule has 0 aliphatic carbocycles. The summed E-state index contributed by atoms with van der Waals surface area (Å²) in [6, 6.07) is 35.3. The fourth-order valence-corrected chi connectivity index (χ4v) is 6.36. The van der Waals surface area contributed by atoms with Gasteiger partial charge in [-0.3, -0.25) is 14.5 Å². The molecule has 0 saturated carbocycles. The standard InChI is InChI=1S/C42H51N3O5/c1-30(34-13-6-4-7-14-34)45(3)28-39-26-40(35-21-19-32(29-46)20-22-35)50-42(49-39)38-17-11-16-37(25-38)36-15-10-12-33(24-36)27-44-41(48)18-8-5-9-23-43-31(2)47/h4,6-7,10-17,19-22,24-25,30,39-40,42,46H,5,8-9,18,23,26-29H2,1-3H3,(H,43,47)(H,44,48). The average molecular weight is 678 g/mol. The number of aliphatic hydroxyl groups excluding tert-OH is 1. The lowest BCUT2D eigenvalue weighted by Crippen LogP contribution is -2.38. The fraction of sp³-hybridized carbons (Fsp3) is 0.381. The summed E-state index contributed by atoms with van der Waals surface area (Å²) >= 11 is 0. The molecule has 1 aliphatic rings. The van der Waals surface area contributed by atoms with Crippen molar-refractivity contribution in [3.8, 4) is 11.1 Å². The molecule has 1 aliphatic heterocycles. The molecule has 4 aromatic rings. The second-order valence-electron chi connectivity index (χ2n) is 13.3. The first-order valence-electron chi connectivity index (χ1n) is 17.7. The molecule has 0 bridgehead atoms. The first-order chi connectivity index (χ1) is 24.3. The number of benzene rings is 4. The molecule has 4 unspecified atom stereocenters. The van der Waals surface area contributed by atoms with E-state index < -0.39 is 6.29 Å². The Hall–Kier alpha value is -4.34. The topological polar surface area (TPSA) is 100 Å². The first kappa shape index (κ1) is 36.9. The second kappa shape index (κ2) is 18.6. The Morgan fingerprint density at radius 3 is 2.30 bits per heavy atom. The van der Waals surface area contributed by atoms with Gasteiger partial charge in [0.15, 0.2) is 6.29 Å². The van der Waals surface area contributed by atoms with Gasteiger partial charge in [-0.15, -0.1) is 0 Å². The minimum absolute atomic E-state index is 0.00478. The highest BCUT2D eigenvalue weighted by molar-refractivity contribution is 5.76. The van der Waals surface area contributed by atoms with Crippen molar-refractivity contribution in [3.05, 3.63) is 131 Å². The molecule has 1 saturated heterocycles. The number of aliphatic hydroxyl groups is 1. The number of nitrogens with zero attached hydrogens (tertiary/aromatic N) is 1. The molecule has 8 heteroatoms. The Bertz CT molecular complexity index is 1660. The molecule has 2 amide bonds. The molecular weight excluding hydrogens is 626 g/mol. The van der Waals surface area contributed by atoms with Gasteiger partial charge in [0.1, 0.15) is 0 Å². The maximum absolute atomic E-state index is 12.5. The van der Waals surface area contributed by atoms with Crippen LogP contribution in [0.25, 0.3) is 11.1 Å². The third kappa shape index (κ3) is 10.8. The lowest BCUT2D eigenvalue weighted by Gasteiger charge is -2.39. The van der Waals surface area contributed by atoms with E-state index in [9.17, 15) is 14.7 Å². The summed E-state index contributed by atoms with van der Waals surface area (Å²) in [5.74, 6) is 0.00603. The minimum Gasteiger partial charge on any atom is -0.392 e. The average Bonchev–Trinajstić information content (AvgIpc) is 3.15. The van der Waals surface area contributed by atoms with Crippen LogP contribution in [0.15, 0.2) is 103 Å². The van der Waals surface area contributed by atoms with Crippen LogP contribution in [0.4, 0.5) is 0 Å². The molecule has 4 aromatic carbocycles. The van der Waals surface area contributed by atoms with Crippen LogP contribution in [0.2, 0.25) is 0 Å². The van der Waals surface area contributed by atoms with Crippen molar-refractivity contribution in [2.45, 2.75) is 83.6 Å². The lowest BCUT2D eigenvalue weighted by molar-refractivity contribution is -0.253. The van der Waals surface area contributed by atoms with E-state index in [2.05, 4.69) is 84.1 Å². The molecule has 0 radical (unpaired) electrons. The molecular formula is C42H51N3O5. The van der Waals surface area contributed by atoms with Gasteiger partial charge >= 0.3 is 0 Å². The smallest absolute Gasteiger partial charge is 0.220 e. The van der Waals surface area contributed by atoms with Gasteiger partial charge in [0.2, 0.25) is 11.8 Å². The van der Waals surface area contributed by atoms with Gasteiger partial charge in [-0.05, 0) is 72.3 Å². The van der Waals surface area contributed by atoms with E-state index in [1.54, 1.807) is 0 Å². The zero-order chi connectivity index (χ0) is 35.3. The van der Waals surface area contributed by atoms with Gasteiger partial charge in [-0.25, -0.2) is 0 Å². The predicted molar refractivity (Wildman–Crippen MR) is 197 cm³/mol. The van der Waals surface area contributed by atoms with E-state index in [-0.39, 0.29) is 36.7 Å². The number of hydrogen-bond donors (Lipinski definition) is 3. The Morgan fingerprint density at radius 2 is 1.56 bits per heavy atom. The number of likely N-dealkylation sites (N-methyl/N-ethyl adjacent to an activating group) is 1. The maximum Gasteiger partial charge on any atom is 0.220 e. The Balaban J connectivity index is 1.26. The van der Waals surface area contributed by atoms with Crippen molar-refractivity contribution >= 4 is 11.8 Å². The number of rotatable bonds is 16. The van der Waals surface area contributed by atoms with E-state index in [0.717, 1.165) is 59.2 Å². The quantitative estimate of drug-likeness (QED) is 0.107. The van der Waals surface area contributed by atoms with Gasteiger partial charge in [-0.2, -0.15) is 0 Å². The number of hydrogen-bond acceptors (Lipinski definition) is 6. The zero-order valence-electron chi connectivity index (χ0n) is 29.5. The summed E-state index contributed by atoms with van der Waals surface area (Å²) < 4.78 is 13.4. The third-order valence-electron chi connectivity index (χ3n) is 9.41. The number of nitrogens with one attached hydrogen (secondary N) is 2. The number of ether oxygens (including phenoxy) is 2. The minimum atomic E-state index is -0.558. The zero-order valence-corrected chi connectivity index (χ0v) is 29.5. The van der Waals surface area contributed by atoms with E-state index >= 15 is 0 Å². The highest BCUT2D eigenvalue weighted by Crippen LogP contribution is 2.39. The second-order valence-corrected chi connectivity index (χ2v) is 13.3. The van der Waals surface area contributed by atoms with Crippen LogP contribution < -0.4 is 10.6 Å². The maximum atomic E-state index is 12.5. The summed E-state index contributed by atoms with van der Waals surface area (Å²) in [5, 5.41) is 15.4. The van der Waals surface area contributed by atoms with Crippen LogP contribution >= 0.6 is 0 Å². The highest BCUT2D eigenvalue weighted by Gasteiger charge is 2.33. The van der Waals surface area contributed by atoms with Gasteiger partial charge in [0.05, 0.1) is 18.8 Å². The third-order valence-corrected chi connectivity index (χ3v) is 9.41. The van der Waals surface area contributed by atoms with Crippen LogP contribution in [0.3, 0.4) is 0 Å². The van der Waals surface area contributed by atoms with Crippen molar-refractivity contribution in [1.82, 2.24) is 15.5 Å². The highest BCUT2D eigenvalue weighted by atomic mass is 16.7. The van der Waals surface area contributed by atoms with Gasteiger partial charge < -0.3 is 25.2 Å². The molecule has 0 spiro atoms. The normalized spacial score (nSPS) is 18.1. The van der Waals surface area contributed by atoms with E-state index in [0.29, 0.717) is 25.9 Å². The van der Waals surface area contributed by atoms with Gasteiger partial charge in [0, 0.05) is 51.0 Å². The van der Waals surface area contributed by atoms with Crippen molar-refractivity contribution < 1.29 is 24.2 Å². The first-order valence-corrected chi connectivity index (χ1v) is 17.7. The Labute approximate surface area is 296 Å². The van der Waals surface area contributed by atoms with Crippen LogP contribution in [0, 0.1) is 0 Å². The largest absolute Gasteiger partial charge is 0.392 e. The molecule has 1 heterocycles. The molecule has 264 valence electrons. The fourth-order valence-electron chi connectivity index (χ4n) is 6.36. The number of carbonyl (C=O) groups is 2. The lowest BCUT2D eigenvalue weighted by atomic mass is 9.98. The van der Waals surface area contributed by atoms with Gasteiger partial charge in [-0.1, -0.05) is 97.4 Å². The summed E-state index contributed by atoms with van der Waals surface area (Å²) in [4.78, 5) is 25.8. The van der Waals surface area contributed by atoms with Crippen LogP contribution in [-0.2, 0) is 32.2 Å². The molecule has 1 fully saturated rings. The van der Waals surface area contributed by atoms with Crippen LogP contribution in [0.5, 0.6) is 0 Å². The molecule has 5 rings (SSSR count). The Kier molecular flexibility index (Phi) is 13.7. The summed E-state index contributed by atoms with van der Waals surface area (Å²) in [7, 11) is 2.14. The van der Waals surface area contributed by atoms with E-state index in [1.165, 1.54) is 12.5 Å². The number of amides is 2. The SMILES string of the molecule is CC(=O)NCCCCCC(=O)NCc1cccc(-c2cccc(C3OC(CN(C)C(C)c4ccccc4)CC(c4ccc(CO)cc4)O3)c2)c1. The van der Waals surface area contributed by atoms with Crippen molar-refractivity contribution in [2.75, 3.05) is 20.1 Å². The predicted octanol–water partition coefficient (Wildman–Crippen LogP) is 7.40. The summed E-state index contributed by atoms with van der Waals surface area (Å²) in [6.07, 6.45) is 2.95. The summed E-state index contributed by atoms with van der Waals surface area (Å²) in [5.41, 5.74) is 7.27.